The lowest BCUT2D eigenvalue weighted by Crippen LogP contribution is -2.63. The number of rotatable bonds is 16. The molecule has 1 aromatic carbocycles. The average molecular weight is 1010 g/mol. The molecule has 0 radical (unpaired) electrons. The van der Waals surface area contributed by atoms with Crippen molar-refractivity contribution in [3.8, 4) is 0 Å². The van der Waals surface area contributed by atoms with E-state index in [-0.39, 0.29) is 38.1 Å². The summed E-state index contributed by atoms with van der Waals surface area (Å²) >= 11 is 0. The zero-order chi connectivity index (χ0) is 51.7. The number of hydrogen-bond donors (Lipinski definition) is 12. The number of amides is 10. The van der Waals surface area contributed by atoms with Gasteiger partial charge in [0.05, 0.1) is 25.1 Å². The van der Waals surface area contributed by atoms with Gasteiger partial charge >= 0.3 is 0 Å². The first kappa shape index (κ1) is 57.8. The Bertz CT molecular complexity index is 2030. The third kappa shape index (κ3) is 17.4. The normalized spacial score (nSPS) is 25.6. The number of nitrogens with two attached hydrogens (primary N) is 4. The number of nitrogens with zero attached hydrogens (tertiary/aromatic N) is 1. The summed E-state index contributed by atoms with van der Waals surface area (Å²) in [5, 5.41) is 28.7. The van der Waals surface area contributed by atoms with Gasteiger partial charge in [-0.3, -0.25) is 47.9 Å². The van der Waals surface area contributed by atoms with Gasteiger partial charge in [0.2, 0.25) is 59.1 Å². The fraction of sp³-hybridized carbons (Fsp3) is 0.636. The molecule has 1 unspecified atom stereocenters. The molecule has 2 heterocycles. The van der Waals surface area contributed by atoms with E-state index < -0.39 is 137 Å². The molecule has 2 fully saturated rings. The lowest BCUT2D eigenvalue weighted by molar-refractivity contribution is -0.142. The zero-order valence-corrected chi connectivity index (χ0v) is 41.6. The van der Waals surface area contributed by atoms with Crippen molar-refractivity contribution < 1.29 is 53.1 Å². The second-order valence-electron chi connectivity index (χ2n) is 18.0. The van der Waals surface area contributed by atoms with Crippen LogP contribution in [0, 0.1) is 12.8 Å². The molecule has 2 saturated heterocycles. The highest BCUT2D eigenvalue weighted by atomic mass is 33.1. The van der Waals surface area contributed by atoms with Gasteiger partial charge in [-0.25, -0.2) is 0 Å². The monoisotopic (exact) mass is 1010 g/mol. The maximum absolute atomic E-state index is 14.6. The lowest BCUT2D eigenvalue weighted by atomic mass is 9.96. The van der Waals surface area contributed by atoms with Gasteiger partial charge in [-0.2, -0.15) is 0 Å². The number of carbonyl (C=O) groups excluding carboxylic acids is 10. The Labute approximate surface area is 409 Å². The quantitative estimate of drug-likeness (QED) is 0.0718. The Morgan fingerprint density at radius 1 is 0.870 bits per heavy atom. The SMILES string of the molecule is CC[C@H](C)C1NC(=O)[C@H](Cc2ccc(C)cc2)NC(=O)[C@H](N)C(C)(C)SSC[C@@H](C(=O)N2CCC[C@H]2C(=O)N[C@@H](CCCN)C(=O)NCC(N)=O)NC(=O)[C@H](CC(N)=O)NC(=O)[C@H]([C@@H](C)O)NC1=O. The Balaban J connectivity index is 2.08. The van der Waals surface area contributed by atoms with Crippen molar-refractivity contribution in [2.75, 3.05) is 25.4 Å². The maximum atomic E-state index is 14.6. The Morgan fingerprint density at radius 2 is 1.48 bits per heavy atom. The highest BCUT2D eigenvalue weighted by Gasteiger charge is 2.42. The second-order valence-corrected chi connectivity index (χ2v) is 21.0. The van der Waals surface area contributed by atoms with E-state index >= 15 is 0 Å². The lowest BCUT2D eigenvalue weighted by Gasteiger charge is -2.33. The number of benzene rings is 1. The second kappa shape index (κ2) is 27.0. The van der Waals surface area contributed by atoms with Crippen LogP contribution in [0.4, 0.5) is 0 Å². The van der Waals surface area contributed by atoms with Gasteiger partial charge < -0.3 is 70.2 Å². The highest BCUT2D eigenvalue weighted by Crippen LogP contribution is 2.38. The smallest absolute Gasteiger partial charge is 0.246 e. The van der Waals surface area contributed by atoms with E-state index in [9.17, 15) is 53.1 Å². The molecule has 1 aromatic rings. The van der Waals surface area contributed by atoms with Crippen molar-refractivity contribution in [3.63, 3.8) is 0 Å². The van der Waals surface area contributed by atoms with Crippen LogP contribution in [0.2, 0.25) is 0 Å². The Morgan fingerprint density at radius 3 is 2.07 bits per heavy atom. The molecule has 384 valence electrons. The molecule has 0 aromatic heterocycles. The van der Waals surface area contributed by atoms with Crippen LogP contribution < -0.4 is 60.2 Å². The molecule has 0 spiro atoms. The van der Waals surface area contributed by atoms with Gasteiger partial charge in [-0.05, 0) is 71.4 Å². The first-order chi connectivity index (χ1) is 32.4. The van der Waals surface area contributed by atoms with Crippen molar-refractivity contribution in [2.45, 2.75) is 146 Å². The molecule has 10 amide bonds. The van der Waals surface area contributed by atoms with Crippen LogP contribution in [0.25, 0.3) is 0 Å². The number of aliphatic hydroxyl groups is 1. The zero-order valence-electron chi connectivity index (χ0n) is 40.0. The molecule has 2 aliphatic rings. The van der Waals surface area contributed by atoms with E-state index in [4.69, 9.17) is 22.9 Å². The third-order valence-corrected chi connectivity index (χ3v) is 15.2. The molecule has 23 nitrogen and oxygen atoms in total. The summed E-state index contributed by atoms with van der Waals surface area (Å²) in [7, 11) is 2.12. The van der Waals surface area contributed by atoms with Crippen molar-refractivity contribution in [3.05, 3.63) is 35.4 Å². The van der Waals surface area contributed by atoms with Crippen molar-refractivity contribution in [1.29, 1.82) is 0 Å². The number of primary amides is 2. The summed E-state index contributed by atoms with van der Waals surface area (Å²) in [4.78, 5) is 137. The first-order valence-corrected chi connectivity index (χ1v) is 25.2. The van der Waals surface area contributed by atoms with E-state index in [2.05, 4.69) is 37.2 Å². The topological polar surface area (TPSA) is 382 Å². The van der Waals surface area contributed by atoms with E-state index in [1.165, 1.54) is 11.8 Å². The molecule has 16 N–H and O–H groups in total. The summed E-state index contributed by atoms with van der Waals surface area (Å²) in [5.74, 6) is -9.32. The highest BCUT2D eigenvalue weighted by molar-refractivity contribution is 8.77. The summed E-state index contributed by atoms with van der Waals surface area (Å²) in [6.07, 6.45) is -1.10. The number of likely N-dealkylation sites (tertiary alicyclic amines) is 1. The summed E-state index contributed by atoms with van der Waals surface area (Å²) in [5.41, 5.74) is 24.6. The molecule has 25 heteroatoms. The minimum absolute atomic E-state index is 0.00243. The Kier molecular flexibility index (Phi) is 22.7. The standard InChI is InChI=1S/C44H70N12O11S2/c1-7-23(3)33-40(64)55-34(24(4)57)41(65)51-28(19-31(46)58)37(61)53-29(43(67)56-17-9-11-30(56)39(63)50-26(10-8-16-45)36(60)49-20-32(47)59)21-68-69-44(5,6)35(48)42(66)52-27(38(62)54-33)18-25-14-12-22(2)13-15-25/h12-15,23-24,26-30,33-35,57H,7-11,16-21,45,48H2,1-6H3,(H2,46,58)(H2,47,59)(H,49,60)(H,50,63)(H,51,65)(H,52,66)(H,53,61)(H,54,62)(H,55,64)/t23-,24+,26-,27-,28-,29-,30-,33?,34-,35-/m0/s1. The van der Waals surface area contributed by atoms with Gasteiger partial charge in [0.15, 0.2) is 0 Å². The third-order valence-electron chi connectivity index (χ3n) is 11.8. The minimum atomic E-state index is -1.76. The molecule has 0 aliphatic carbocycles. The number of aliphatic hydroxyl groups excluding tert-OH is 1. The fourth-order valence-corrected chi connectivity index (χ4v) is 10.2. The largest absolute Gasteiger partial charge is 0.391 e. The molecular weight excluding hydrogens is 937 g/mol. The van der Waals surface area contributed by atoms with Gasteiger partial charge in [0.25, 0.3) is 0 Å². The van der Waals surface area contributed by atoms with Gasteiger partial charge in [0.1, 0.15) is 42.3 Å². The van der Waals surface area contributed by atoms with E-state index in [1.807, 2.05) is 19.1 Å². The average Bonchev–Trinajstić information content (AvgIpc) is 3.79. The van der Waals surface area contributed by atoms with E-state index in [0.717, 1.165) is 27.2 Å². The van der Waals surface area contributed by atoms with E-state index in [0.29, 0.717) is 24.8 Å². The Hall–Kier alpha value is -5.50. The van der Waals surface area contributed by atoms with Gasteiger partial charge in [-0.1, -0.05) is 71.7 Å². The van der Waals surface area contributed by atoms with Crippen LogP contribution in [0.3, 0.4) is 0 Å². The molecule has 0 saturated carbocycles. The molecular formula is C44H70N12O11S2. The molecule has 69 heavy (non-hydrogen) atoms. The van der Waals surface area contributed by atoms with Gasteiger partial charge in [-0.15, -0.1) is 0 Å². The van der Waals surface area contributed by atoms with Crippen molar-refractivity contribution >= 4 is 80.7 Å². The maximum Gasteiger partial charge on any atom is 0.246 e. The summed E-state index contributed by atoms with van der Waals surface area (Å²) in [6.45, 7) is 9.59. The van der Waals surface area contributed by atoms with Crippen molar-refractivity contribution in [1.82, 2.24) is 42.1 Å². The number of aryl methyl sites for hydroxylation is 1. The van der Waals surface area contributed by atoms with Crippen LogP contribution in [-0.4, -0.2) is 154 Å². The van der Waals surface area contributed by atoms with Crippen LogP contribution >= 0.6 is 21.6 Å². The van der Waals surface area contributed by atoms with Crippen LogP contribution in [0.1, 0.15) is 84.3 Å². The van der Waals surface area contributed by atoms with Crippen LogP contribution in [0.5, 0.6) is 0 Å². The minimum Gasteiger partial charge on any atom is -0.391 e. The van der Waals surface area contributed by atoms with E-state index in [1.54, 1.807) is 39.8 Å². The number of carbonyl (C=O) groups is 10. The molecule has 3 rings (SSSR count). The summed E-state index contributed by atoms with van der Waals surface area (Å²) < 4.78 is -1.13. The molecule has 0 bridgehead atoms. The molecule has 2 aliphatic heterocycles. The summed E-state index contributed by atoms with van der Waals surface area (Å²) in [6, 6.07) is -3.84. The van der Waals surface area contributed by atoms with Crippen molar-refractivity contribution in [2.24, 2.45) is 28.9 Å². The molecule has 10 atom stereocenters. The fourth-order valence-electron chi connectivity index (χ4n) is 7.43. The first-order valence-electron chi connectivity index (χ1n) is 22.9. The number of nitrogens with one attached hydrogen (secondary N) is 7. The van der Waals surface area contributed by atoms with Crippen LogP contribution in [-0.2, 0) is 54.4 Å². The van der Waals surface area contributed by atoms with Crippen LogP contribution in [0.15, 0.2) is 24.3 Å². The predicted octanol–water partition coefficient (Wildman–Crippen LogP) is -3.42. The van der Waals surface area contributed by atoms with Gasteiger partial charge in [0, 0.05) is 23.5 Å². The number of hydrogen-bond acceptors (Lipinski definition) is 15. The predicted molar refractivity (Wildman–Crippen MR) is 259 cm³/mol.